The fraction of sp³-hybridized carbons (Fsp3) is 0.200. The zero-order valence-electron chi connectivity index (χ0n) is 7.69. The van der Waals surface area contributed by atoms with Crippen LogP contribution in [0.1, 0.15) is 17.3 Å². The van der Waals surface area contributed by atoms with Gasteiger partial charge in [0.2, 0.25) is 0 Å². The van der Waals surface area contributed by atoms with E-state index in [0.29, 0.717) is 12.2 Å². The molecule has 0 N–H and O–H groups in total. The molecule has 4 heteroatoms. The molecule has 0 unspecified atom stereocenters. The summed E-state index contributed by atoms with van der Waals surface area (Å²) in [6.07, 6.45) is 0. The molecule has 14 heavy (non-hydrogen) atoms. The molecule has 0 heterocycles. The molecule has 0 atom stereocenters. The average Bonchev–Trinajstić information content (AvgIpc) is 2.19. The molecule has 0 saturated carbocycles. The molecule has 1 rings (SSSR count). The van der Waals surface area contributed by atoms with Crippen molar-refractivity contribution in [3.63, 3.8) is 0 Å². The van der Waals surface area contributed by atoms with Gasteiger partial charge in [0.15, 0.2) is 0 Å². The first kappa shape index (κ1) is 10.8. The van der Waals surface area contributed by atoms with Crippen LogP contribution in [0.2, 0.25) is 0 Å². The Balaban J connectivity index is 2.95. The van der Waals surface area contributed by atoms with Crippen molar-refractivity contribution in [2.24, 2.45) is 0 Å². The van der Waals surface area contributed by atoms with Gasteiger partial charge in [-0.3, -0.25) is 0 Å². The normalized spacial score (nSPS) is 9.14. The van der Waals surface area contributed by atoms with E-state index in [-0.39, 0.29) is 20.9 Å². The van der Waals surface area contributed by atoms with Gasteiger partial charge in [-0.25, -0.2) is 0 Å². The summed E-state index contributed by atoms with van der Waals surface area (Å²) in [6, 6.07) is 7.06. The van der Waals surface area contributed by atoms with Crippen molar-refractivity contribution in [1.82, 2.24) is 0 Å². The van der Waals surface area contributed by atoms with Gasteiger partial charge in [-0.05, 0) is 0 Å². The Hall–Kier alpha value is -1.30. The molecule has 0 fully saturated rings. The van der Waals surface area contributed by atoms with E-state index in [1.807, 2.05) is 6.07 Å². The molecule has 0 aliphatic carbocycles. The zero-order chi connectivity index (χ0) is 10.4. The van der Waals surface area contributed by atoms with Crippen LogP contribution >= 0.6 is 0 Å². The van der Waals surface area contributed by atoms with Gasteiger partial charge < -0.3 is 0 Å². The molecule has 0 spiro atoms. The SMILES string of the molecule is CCOC(=O)c1ccccc1[Se]C#N. The third-order valence-electron chi connectivity index (χ3n) is 1.54. The van der Waals surface area contributed by atoms with Crippen LogP contribution in [-0.4, -0.2) is 27.5 Å². The first-order chi connectivity index (χ1) is 6.79. The molecule has 0 radical (unpaired) electrons. The molecule has 1 aromatic rings. The van der Waals surface area contributed by atoms with Crippen LogP contribution in [0.25, 0.3) is 0 Å². The molecular formula is C10H9NO2Se. The number of rotatable bonds is 3. The van der Waals surface area contributed by atoms with Crippen molar-refractivity contribution in [2.45, 2.75) is 6.92 Å². The number of ether oxygens (including phenoxy) is 1. The van der Waals surface area contributed by atoms with Crippen molar-refractivity contribution in [2.75, 3.05) is 6.61 Å². The first-order valence-corrected chi connectivity index (χ1v) is 5.83. The van der Waals surface area contributed by atoms with Gasteiger partial charge in [-0.15, -0.1) is 0 Å². The van der Waals surface area contributed by atoms with Crippen LogP contribution in [0.4, 0.5) is 0 Å². The molecule has 0 aromatic heterocycles. The number of carbonyl (C=O) groups excluding carboxylic acids is 1. The number of nitrogens with zero attached hydrogens (tertiary/aromatic N) is 1. The van der Waals surface area contributed by atoms with Crippen LogP contribution in [-0.2, 0) is 4.74 Å². The number of carbonyl (C=O) groups is 1. The molecule has 0 aliphatic heterocycles. The molecule has 72 valence electrons. The Kier molecular flexibility index (Phi) is 4.18. The zero-order valence-corrected chi connectivity index (χ0v) is 9.40. The number of benzene rings is 1. The van der Waals surface area contributed by atoms with Gasteiger partial charge in [0, 0.05) is 0 Å². The number of esters is 1. The second kappa shape index (κ2) is 5.43. The van der Waals surface area contributed by atoms with Crippen LogP contribution in [0.5, 0.6) is 0 Å². The first-order valence-electron chi connectivity index (χ1n) is 4.11. The van der Waals surface area contributed by atoms with Gasteiger partial charge in [0.1, 0.15) is 0 Å². The Morgan fingerprint density at radius 1 is 1.57 bits per heavy atom. The summed E-state index contributed by atoms with van der Waals surface area (Å²) >= 11 is -0.316. The van der Waals surface area contributed by atoms with E-state index in [1.54, 1.807) is 25.1 Å². The van der Waals surface area contributed by atoms with Gasteiger partial charge in [0.25, 0.3) is 0 Å². The summed E-state index contributed by atoms with van der Waals surface area (Å²) in [5.74, 6) is -0.347. The summed E-state index contributed by atoms with van der Waals surface area (Å²) in [6.45, 7) is 2.11. The van der Waals surface area contributed by atoms with Gasteiger partial charge in [-0.2, -0.15) is 0 Å². The molecule has 1 aromatic carbocycles. The number of nitriles is 1. The molecule has 0 bridgehead atoms. The van der Waals surface area contributed by atoms with Crippen molar-refractivity contribution >= 4 is 25.4 Å². The fourth-order valence-corrected chi connectivity index (χ4v) is 2.04. The third-order valence-corrected chi connectivity index (χ3v) is 2.94. The Bertz CT molecular complexity index is 371. The van der Waals surface area contributed by atoms with E-state index in [0.717, 1.165) is 4.46 Å². The third kappa shape index (κ3) is 2.59. The summed E-state index contributed by atoms with van der Waals surface area (Å²) in [4.78, 5) is 13.5. The van der Waals surface area contributed by atoms with Crippen molar-refractivity contribution in [1.29, 1.82) is 5.26 Å². The van der Waals surface area contributed by atoms with E-state index in [2.05, 4.69) is 4.97 Å². The predicted molar refractivity (Wildman–Crippen MR) is 53.4 cm³/mol. The van der Waals surface area contributed by atoms with Gasteiger partial charge in [-0.1, -0.05) is 0 Å². The van der Waals surface area contributed by atoms with E-state index < -0.39 is 0 Å². The minimum absolute atomic E-state index is 0.316. The molecular weight excluding hydrogens is 245 g/mol. The quantitative estimate of drug-likeness (QED) is 0.588. The Morgan fingerprint density at radius 2 is 2.29 bits per heavy atom. The summed E-state index contributed by atoms with van der Waals surface area (Å²) < 4.78 is 5.66. The van der Waals surface area contributed by atoms with E-state index >= 15 is 0 Å². The summed E-state index contributed by atoms with van der Waals surface area (Å²) in [7, 11) is 0. The second-order valence-corrected chi connectivity index (χ2v) is 4.14. The van der Waals surface area contributed by atoms with Gasteiger partial charge in [0.05, 0.1) is 0 Å². The van der Waals surface area contributed by atoms with E-state index in [4.69, 9.17) is 10.00 Å². The maximum atomic E-state index is 11.4. The maximum absolute atomic E-state index is 11.4. The van der Waals surface area contributed by atoms with Crippen molar-refractivity contribution in [3.05, 3.63) is 29.8 Å². The minimum atomic E-state index is -0.347. The van der Waals surface area contributed by atoms with Crippen molar-refractivity contribution in [3.8, 4) is 4.97 Å². The predicted octanol–water partition coefficient (Wildman–Crippen LogP) is 0.674. The van der Waals surface area contributed by atoms with Crippen molar-refractivity contribution < 1.29 is 9.53 Å². The van der Waals surface area contributed by atoms with E-state index in [9.17, 15) is 4.79 Å². The van der Waals surface area contributed by atoms with Crippen LogP contribution in [0.3, 0.4) is 0 Å². The number of hydrogen-bond acceptors (Lipinski definition) is 3. The fourth-order valence-electron chi connectivity index (χ4n) is 0.982. The Labute approximate surface area is 88.8 Å². The average molecular weight is 254 g/mol. The van der Waals surface area contributed by atoms with Crippen LogP contribution in [0, 0.1) is 10.2 Å². The standard InChI is InChI=1S/C10H9NO2Se/c1-2-13-10(12)8-5-3-4-6-9(8)14-7-11/h3-6H,2H2,1H3. The van der Waals surface area contributed by atoms with E-state index in [1.165, 1.54) is 0 Å². The molecule has 0 aliphatic rings. The summed E-state index contributed by atoms with van der Waals surface area (Å²) in [5, 5.41) is 8.58. The van der Waals surface area contributed by atoms with Crippen LogP contribution < -0.4 is 4.46 Å². The van der Waals surface area contributed by atoms with Crippen LogP contribution in [0.15, 0.2) is 24.3 Å². The second-order valence-electron chi connectivity index (χ2n) is 2.41. The molecule has 0 saturated heterocycles. The number of hydrogen-bond donors (Lipinski definition) is 0. The summed E-state index contributed by atoms with van der Waals surface area (Å²) in [5.41, 5.74) is 0.510. The monoisotopic (exact) mass is 255 g/mol. The molecule has 0 amide bonds. The Morgan fingerprint density at radius 3 is 2.93 bits per heavy atom. The topological polar surface area (TPSA) is 50.1 Å². The van der Waals surface area contributed by atoms with Gasteiger partial charge >= 0.3 is 88.5 Å². The molecule has 3 nitrogen and oxygen atoms in total.